The van der Waals surface area contributed by atoms with Crippen LogP contribution < -0.4 is 5.32 Å². The summed E-state index contributed by atoms with van der Waals surface area (Å²) < 4.78 is 0.975. The van der Waals surface area contributed by atoms with Crippen LogP contribution in [-0.4, -0.2) is 0 Å². The summed E-state index contributed by atoms with van der Waals surface area (Å²) in [4.78, 5) is 0. The first kappa shape index (κ1) is 13.9. The van der Waals surface area contributed by atoms with Crippen LogP contribution in [0.3, 0.4) is 0 Å². The van der Waals surface area contributed by atoms with Gasteiger partial charge in [0.05, 0.1) is 17.3 Å². The zero-order valence-corrected chi connectivity index (χ0v) is 12.7. The molecule has 96 valence electrons. The highest BCUT2D eigenvalue weighted by Crippen LogP contribution is 2.26. The molecule has 19 heavy (non-hydrogen) atoms. The highest BCUT2D eigenvalue weighted by atomic mass is 79.9. The van der Waals surface area contributed by atoms with Crippen molar-refractivity contribution >= 4 is 33.2 Å². The highest BCUT2D eigenvalue weighted by Gasteiger charge is 2.03. The van der Waals surface area contributed by atoms with Crippen molar-refractivity contribution in [2.45, 2.75) is 13.5 Å². The fourth-order valence-electron chi connectivity index (χ4n) is 1.79. The summed E-state index contributed by atoms with van der Waals surface area (Å²) in [6.07, 6.45) is 0. The topological polar surface area (TPSA) is 35.8 Å². The Labute approximate surface area is 126 Å². The fraction of sp³-hybridized carbons (Fsp3) is 0.133. The molecule has 0 aliphatic carbocycles. The Hall–Kier alpha value is -1.50. The zero-order chi connectivity index (χ0) is 13.8. The number of rotatable bonds is 3. The van der Waals surface area contributed by atoms with Crippen molar-refractivity contribution in [3.8, 4) is 6.07 Å². The van der Waals surface area contributed by atoms with Crippen LogP contribution in [-0.2, 0) is 6.54 Å². The molecule has 2 aromatic carbocycles. The summed E-state index contributed by atoms with van der Waals surface area (Å²) in [7, 11) is 0. The average molecular weight is 336 g/mol. The smallest absolute Gasteiger partial charge is 0.0991 e. The number of hydrogen-bond acceptors (Lipinski definition) is 2. The third-order valence-electron chi connectivity index (χ3n) is 2.87. The third-order valence-corrected chi connectivity index (χ3v) is 3.80. The summed E-state index contributed by atoms with van der Waals surface area (Å²) in [6.45, 7) is 2.70. The number of halogens is 2. The molecule has 0 unspecified atom stereocenters. The Kier molecular flexibility index (Phi) is 4.47. The van der Waals surface area contributed by atoms with Crippen LogP contribution in [0.5, 0.6) is 0 Å². The first-order valence-electron chi connectivity index (χ1n) is 5.78. The van der Waals surface area contributed by atoms with Crippen LogP contribution in [0.25, 0.3) is 0 Å². The molecule has 0 aromatic heterocycles. The van der Waals surface area contributed by atoms with Gasteiger partial charge in [0.2, 0.25) is 0 Å². The van der Waals surface area contributed by atoms with Gasteiger partial charge in [-0.05, 0) is 64.3 Å². The van der Waals surface area contributed by atoms with Gasteiger partial charge >= 0.3 is 0 Å². The van der Waals surface area contributed by atoms with Gasteiger partial charge in [-0.3, -0.25) is 0 Å². The van der Waals surface area contributed by atoms with Gasteiger partial charge in [-0.1, -0.05) is 17.7 Å². The van der Waals surface area contributed by atoms with Crippen molar-refractivity contribution in [2.75, 3.05) is 5.32 Å². The average Bonchev–Trinajstić information content (AvgIpc) is 2.40. The van der Waals surface area contributed by atoms with Gasteiger partial charge in [-0.15, -0.1) is 0 Å². The van der Waals surface area contributed by atoms with Crippen LogP contribution in [0, 0.1) is 18.3 Å². The standard InChI is InChI=1S/C15H12BrClN2/c1-10-6-11(8-18)2-3-12(10)9-19-15-7-13(17)4-5-14(15)16/h2-7,19H,9H2,1H3. The summed E-state index contributed by atoms with van der Waals surface area (Å²) in [5, 5.41) is 12.9. The molecule has 2 aromatic rings. The largest absolute Gasteiger partial charge is 0.380 e. The lowest BCUT2D eigenvalue weighted by Crippen LogP contribution is -2.02. The van der Waals surface area contributed by atoms with Gasteiger partial charge in [0.1, 0.15) is 0 Å². The lowest BCUT2D eigenvalue weighted by atomic mass is 10.1. The van der Waals surface area contributed by atoms with E-state index in [2.05, 4.69) is 27.3 Å². The summed E-state index contributed by atoms with van der Waals surface area (Å²) in [6, 6.07) is 13.5. The first-order valence-corrected chi connectivity index (χ1v) is 6.96. The van der Waals surface area contributed by atoms with E-state index in [1.165, 1.54) is 0 Å². The molecule has 0 heterocycles. The van der Waals surface area contributed by atoms with E-state index in [0.717, 1.165) is 21.3 Å². The Balaban J connectivity index is 2.15. The lowest BCUT2D eigenvalue weighted by Gasteiger charge is -2.11. The lowest BCUT2D eigenvalue weighted by molar-refractivity contribution is 1.11. The van der Waals surface area contributed by atoms with Crippen LogP contribution in [0.4, 0.5) is 5.69 Å². The van der Waals surface area contributed by atoms with Crippen molar-refractivity contribution in [1.29, 1.82) is 5.26 Å². The molecule has 0 radical (unpaired) electrons. The second kappa shape index (κ2) is 6.10. The second-order valence-electron chi connectivity index (χ2n) is 4.23. The normalized spacial score (nSPS) is 10.0. The van der Waals surface area contributed by atoms with Crippen molar-refractivity contribution < 1.29 is 0 Å². The van der Waals surface area contributed by atoms with Crippen molar-refractivity contribution in [1.82, 2.24) is 0 Å². The third kappa shape index (κ3) is 3.50. The molecule has 0 amide bonds. The second-order valence-corrected chi connectivity index (χ2v) is 5.52. The fourth-order valence-corrected chi connectivity index (χ4v) is 2.35. The summed E-state index contributed by atoms with van der Waals surface area (Å²) in [5.74, 6) is 0. The summed E-state index contributed by atoms with van der Waals surface area (Å²) in [5.41, 5.74) is 3.90. The Morgan fingerprint density at radius 3 is 2.74 bits per heavy atom. The van der Waals surface area contributed by atoms with Crippen molar-refractivity contribution in [3.05, 3.63) is 62.6 Å². The number of anilines is 1. The maximum Gasteiger partial charge on any atom is 0.0991 e. The molecule has 0 saturated heterocycles. The number of hydrogen-bond donors (Lipinski definition) is 1. The molecule has 0 saturated carbocycles. The van der Waals surface area contributed by atoms with Crippen LogP contribution >= 0.6 is 27.5 Å². The van der Waals surface area contributed by atoms with Gasteiger partial charge in [-0.25, -0.2) is 0 Å². The molecule has 1 N–H and O–H groups in total. The van der Waals surface area contributed by atoms with Gasteiger partial charge in [0.15, 0.2) is 0 Å². The number of aryl methyl sites for hydroxylation is 1. The Morgan fingerprint density at radius 1 is 1.26 bits per heavy atom. The molecule has 2 nitrogen and oxygen atoms in total. The SMILES string of the molecule is Cc1cc(C#N)ccc1CNc1cc(Cl)ccc1Br. The van der Waals surface area contributed by atoms with Gasteiger partial charge in [-0.2, -0.15) is 5.26 Å². The molecule has 2 rings (SSSR count). The maximum atomic E-state index is 8.84. The first-order chi connectivity index (χ1) is 9.10. The minimum absolute atomic E-state index is 0.685. The monoisotopic (exact) mass is 334 g/mol. The van der Waals surface area contributed by atoms with Crippen LogP contribution in [0.2, 0.25) is 5.02 Å². The van der Waals surface area contributed by atoms with E-state index in [1.807, 2.05) is 43.3 Å². The predicted octanol–water partition coefficient (Wildman–Crippen LogP) is 4.89. The minimum Gasteiger partial charge on any atom is -0.380 e. The molecule has 0 aliphatic heterocycles. The maximum absolute atomic E-state index is 8.84. The number of nitrogens with one attached hydrogen (secondary N) is 1. The zero-order valence-electron chi connectivity index (χ0n) is 10.4. The van der Waals surface area contributed by atoms with E-state index in [0.29, 0.717) is 17.1 Å². The van der Waals surface area contributed by atoms with Gasteiger partial charge in [0, 0.05) is 16.0 Å². The van der Waals surface area contributed by atoms with Crippen molar-refractivity contribution in [2.24, 2.45) is 0 Å². The van der Waals surface area contributed by atoms with E-state index >= 15 is 0 Å². The Morgan fingerprint density at radius 2 is 2.05 bits per heavy atom. The van der Waals surface area contributed by atoms with E-state index in [-0.39, 0.29) is 0 Å². The van der Waals surface area contributed by atoms with E-state index in [1.54, 1.807) is 0 Å². The molecular formula is C15H12BrClN2. The quantitative estimate of drug-likeness (QED) is 0.866. The highest BCUT2D eigenvalue weighted by molar-refractivity contribution is 9.10. The molecule has 0 spiro atoms. The molecule has 0 bridgehead atoms. The van der Waals surface area contributed by atoms with E-state index < -0.39 is 0 Å². The molecule has 0 atom stereocenters. The van der Waals surface area contributed by atoms with Crippen molar-refractivity contribution in [3.63, 3.8) is 0 Å². The predicted molar refractivity (Wildman–Crippen MR) is 82.4 cm³/mol. The molecule has 4 heteroatoms. The van der Waals surface area contributed by atoms with E-state index in [4.69, 9.17) is 16.9 Å². The van der Waals surface area contributed by atoms with Crippen LogP contribution in [0.1, 0.15) is 16.7 Å². The Bertz CT molecular complexity index is 647. The number of benzene rings is 2. The minimum atomic E-state index is 0.685. The summed E-state index contributed by atoms with van der Waals surface area (Å²) >= 11 is 9.45. The van der Waals surface area contributed by atoms with Crippen LogP contribution in [0.15, 0.2) is 40.9 Å². The molecular weight excluding hydrogens is 324 g/mol. The van der Waals surface area contributed by atoms with E-state index in [9.17, 15) is 0 Å². The number of nitrogens with zero attached hydrogens (tertiary/aromatic N) is 1. The molecule has 0 aliphatic rings. The number of nitriles is 1. The molecule has 0 fully saturated rings. The van der Waals surface area contributed by atoms with Gasteiger partial charge in [0.25, 0.3) is 0 Å². The van der Waals surface area contributed by atoms with Gasteiger partial charge < -0.3 is 5.32 Å².